The second kappa shape index (κ2) is 4.70. The van der Waals surface area contributed by atoms with Gasteiger partial charge in [0.25, 0.3) is 0 Å². The van der Waals surface area contributed by atoms with E-state index in [0.717, 1.165) is 4.47 Å². The predicted octanol–water partition coefficient (Wildman–Crippen LogP) is 3.05. The third-order valence-corrected chi connectivity index (χ3v) is 2.87. The maximum Gasteiger partial charge on any atom is 0.665 e. The van der Waals surface area contributed by atoms with Crippen molar-refractivity contribution >= 4 is 24.1 Å². The van der Waals surface area contributed by atoms with Gasteiger partial charge in [-0.05, 0) is 24.3 Å². The standard InChI is InChI=1S/C8H10BrNO2P/c1-10(2)13(11)12-8-5-3-7(9)4-6-8/h3-6H,1-2H3/q+1. The lowest BCUT2D eigenvalue weighted by molar-refractivity contribution is 0.444. The Hall–Kier alpha value is -0.440. The molecule has 0 aliphatic heterocycles. The van der Waals surface area contributed by atoms with Crippen molar-refractivity contribution in [2.45, 2.75) is 0 Å². The minimum atomic E-state index is -1.76. The number of benzene rings is 1. The minimum absolute atomic E-state index is 0.609. The number of halogens is 1. The number of hydrogen-bond donors (Lipinski definition) is 0. The molecule has 1 rings (SSSR count). The molecule has 0 saturated heterocycles. The van der Waals surface area contributed by atoms with Crippen LogP contribution in [0.3, 0.4) is 0 Å². The molecule has 13 heavy (non-hydrogen) atoms. The zero-order valence-electron chi connectivity index (χ0n) is 7.40. The molecule has 0 aromatic heterocycles. The second-order valence-corrected chi connectivity index (χ2v) is 5.00. The Morgan fingerprint density at radius 3 is 2.31 bits per heavy atom. The van der Waals surface area contributed by atoms with Crippen LogP contribution in [0.15, 0.2) is 28.7 Å². The van der Waals surface area contributed by atoms with Crippen molar-refractivity contribution in [3.8, 4) is 5.75 Å². The van der Waals surface area contributed by atoms with Gasteiger partial charge in [-0.25, -0.2) is 4.52 Å². The minimum Gasteiger partial charge on any atom is -0.239 e. The molecule has 3 nitrogen and oxygen atoms in total. The van der Waals surface area contributed by atoms with Crippen LogP contribution >= 0.6 is 24.1 Å². The van der Waals surface area contributed by atoms with Crippen LogP contribution in [0.2, 0.25) is 0 Å². The molecule has 0 radical (unpaired) electrons. The highest BCUT2D eigenvalue weighted by Crippen LogP contribution is 2.28. The van der Waals surface area contributed by atoms with Crippen molar-refractivity contribution in [3.63, 3.8) is 0 Å². The van der Waals surface area contributed by atoms with E-state index in [1.165, 1.54) is 4.67 Å². The molecule has 1 aromatic rings. The van der Waals surface area contributed by atoms with Gasteiger partial charge in [-0.1, -0.05) is 20.6 Å². The molecule has 0 N–H and O–H groups in total. The van der Waals surface area contributed by atoms with Gasteiger partial charge in [0.15, 0.2) is 5.75 Å². The monoisotopic (exact) mass is 262 g/mol. The zero-order valence-corrected chi connectivity index (χ0v) is 9.88. The van der Waals surface area contributed by atoms with E-state index in [-0.39, 0.29) is 0 Å². The molecular weight excluding hydrogens is 253 g/mol. The highest BCUT2D eigenvalue weighted by Gasteiger charge is 2.22. The first kappa shape index (κ1) is 10.6. The van der Waals surface area contributed by atoms with Gasteiger partial charge in [-0.3, -0.25) is 0 Å². The molecule has 0 spiro atoms. The number of hydrogen-bond acceptors (Lipinski definition) is 2. The summed E-state index contributed by atoms with van der Waals surface area (Å²) in [6.07, 6.45) is 0. The van der Waals surface area contributed by atoms with Crippen LogP contribution in [0.25, 0.3) is 0 Å². The molecule has 0 fully saturated rings. The lowest BCUT2D eigenvalue weighted by Crippen LogP contribution is -2.02. The molecule has 70 valence electrons. The smallest absolute Gasteiger partial charge is 0.239 e. The van der Waals surface area contributed by atoms with Crippen LogP contribution in [0.1, 0.15) is 0 Å². The SMILES string of the molecule is CN(C)[P+](=O)Oc1ccc(Br)cc1. The molecule has 0 heterocycles. The summed E-state index contributed by atoms with van der Waals surface area (Å²) in [7, 11) is 1.65. The molecule has 1 atom stereocenters. The van der Waals surface area contributed by atoms with E-state index in [4.69, 9.17) is 4.52 Å². The van der Waals surface area contributed by atoms with Crippen molar-refractivity contribution in [2.24, 2.45) is 0 Å². The Morgan fingerprint density at radius 1 is 1.31 bits per heavy atom. The highest BCUT2D eigenvalue weighted by atomic mass is 79.9. The van der Waals surface area contributed by atoms with E-state index in [0.29, 0.717) is 5.75 Å². The zero-order chi connectivity index (χ0) is 9.84. The van der Waals surface area contributed by atoms with Crippen molar-refractivity contribution in [2.75, 3.05) is 14.1 Å². The van der Waals surface area contributed by atoms with Gasteiger partial charge in [0.2, 0.25) is 0 Å². The van der Waals surface area contributed by atoms with Gasteiger partial charge in [0, 0.05) is 23.1 Å². The van der Waals surface area contributed by atoms with Gasteiger partial charge in [-0.15, -0.1) is 0 Å². The van der Waals surface area contributed by atoms with Crippen molar-refractivity contribution in [1.29, 1.82) is 0 Å². The maximum atomic E-state index is 11.2. The number of rotatable bonds is 3. The molecule has 0 saturated carbocycles. The van der Waals surface area contributed by atoms with Crippen LogP contribution < -0.4 is 4.52 Å². The summed E-state index contributed by atoms with van der Waals surface area (Å²) in [5, 5.41) is 0. The molecule has 0 bridgehead atoms. The first-order valence-corrected chi connectivity index (χ1v) is 5.60. The normalized spacial score (nSPS) is 11.5. The van der Waals surface area contributed by atoms with E-state index in [2.05, 4.69) is 15.9 Å². The molecule has 0 amide bonds. The Morgan fingerprint density at radius 2 is 1.85 bits per heavy atom. The average molecular weight is 263 g/mol. The fourth-order valence-corrected chi connectivity index (χ4v) is 1.40. The maximum absolute atomic E-state index is 11.2. The molecule has 1 aromatic carbocycles. The highest BCUT2D eigenvalue weighted by molar-refractivity contribution is 9.10. The van der Waals surface area contributed by atoms with Gasteiger partial charge in [0.1, 0.15) is 0 Å². The van der Waals surface area contributed by atoms with E-state index in [9.17, 15) is 4.57 Å². The largest absolute Gasteiger partial charge is 0.665 e. The number of nitrogens with zero attached hydrogens (tertiary/aromatic N) is 1. The van der Waals surface area contributed by atoms with Gasteiger partial charge in [0.05, 0.1) is 0 Å². The van der Waals surface area contributed by atoms with Crippen molar-refractivity contribution < 1.29 is 9.09 Å². The van der Waals surface area contributed by atoms with Crippen LogP contribution in [0, 0.1) is 0 Å². The summed E-state index contributed by atoms with van der Waals surface area (Å²) in [6.45, 7) is 0. The van der Waals surface area contributed by atoms with E-state index < -0.39 is 8.18 Å². The van der Waals surface area contributed by atoms with Crippen LogP contribution in [-0.4, -0.2) is 18.8 Å². The van der Waals surface area contributed by atoms with Crippen molar-refractivity contribution in [1.82, 2.24) is 4.67 Å². The molecule has 0 aliphatic rings. The lowest BCUT2D eigenvalue weighted by atomic mass is 10.3. The van der Waals surface area contributed by atoms with Crippen LogP contribution in [0.4, 0.5) is 0 Å². The first-order chi connectivity index (χ1) is 6.09. The average Bonchev–Trinajstić information content (AvgIpc) is 2.08. The second-order valence-electron chi connectivity index (χ2n) is 2.63. The topological polar surface area (TPSA) is 29.5 Å². The fraction of sp³-hybridized carbons (Fsp3) is 0.250. The summed E-state index contributed by atoms with van der Waals surface area (Å²) < 4.78 is 18.9. The molecule has 5 heteroatoms. The summed E-state index contributed by atoms with van der Waals surface area (Å²) in [5.41, 5.74) is 0. The third kappa shape index (κ3) is 3.43. The summed E-state index contributed by atoms with van der Waals surface area (Å²) in [5.74, 6) is 0.609. The molecule has 0 aliphatic carbocycles. The fourth-order valence-electron chi connectivity index (χ4n) is 0.667. The quantitative estimate of drug-likeness (QED) is 0.785. The molecular formula is C8H10BrNO2P+. The van der Waals surface area contributed by atoms with E-state index >= 15 is 0 Å². The molecule has 1 unspecified atom stereocenters. The third-order valence-electron chi connectivity index (χ3n) is 1.32. The Labute approximate surface area is 86.7 Å². The Kier molecular flexibility index (Phi) is 3.85. The van der Waals surface area contributed by atoms with E-state index in [1.54, 1.807) is 26.2 Å². The Bertz CT molecular complexity index is 300. The Balaban J connectivity index is 2.65. The van der Waals surface area contributed by atoms with Gasteiger partial charge >= 0.3 is 8.18 Å². The van der Waals surface area contributed by atoms with Crippen LogP contribution in [-0.2, 0) is 4.57 Å². The summed E-state index contributed by atoms with van der Waals surface area (Å²) in [6, 6.07) is 7.21. The van der Waals surface area contributed by atoms with Crippen LogP contribution in [0.5, 0.6) is 5.75 Å². The van der Waals surface area contributed by atoms with E-state index in [1.807, 2.05) is 12.1 Å². The van der Waals surface area contributed by atoms with Gasteiger partial charge in [-0.2, -0.15) is 0 Å². The summed E-state index contributed by atoms with van der Waals surface area (Å²) in [4.78, 5) is 0. The lowest BCUT2D eigenvalue weighted by Gasteiger charge is -1.96. The van der Waals surface area contributed by atoms with Crippen molar-refractivity contribution in [3.05, 3.63) is 28.7 Å². The predicted molar refractivity (Wildman–Crippen MR) is 56.1 cm³/mol. The van der Waals surface area contributed by atoms with Gasteiger partial charge < -0.3 is 0 Å². The summed E-state index contributed by atoms with van der Waals surface area (Å²) >= 11 is 3.30. The first-order valence-electron chi connectivity index (χ1n) is 3.67.